The Labute approximate surface area is 130 Å². The molecule has 7 heteroatoms. The van der Waals surface area contributed by atoms with Crippen molar-refractivity contribution in [3.8, 4) is 11.8 Å². The molecule has 5 nitrogen and oxygen atoms in total. The van der Waals surface area contributed by atoms with E-state index in [-0.39, 0.29) is 23.5 Å². The molecule has 0 fully saturated rings. The van der Waals surface area contributed by atoms with E-state index in [0.717, 1.165) is 0 Å². The number of hydrogen-bond acceptors (Lipinski definition) is 5. The summed E-state index contributed by atoms with van der Waals surface area (Å²) in [6.07, 6.45) is 0. The highest BCUT2D eigenvalue weighted by Crippen LogP contribution is 2.43. The maximum Gasteiger partial charge on any atom is 0.387 e. The third kappa shape index (κ3) is 2.52. The van der Waals surface area contributed by atoms with Gasteiger partial charge in [-0.3, -0.25) is 0 Å². The molecule has 0 saturated heterocycles. The lowest BCUT2D eigenvalue weighted by molar-refractivity contribution is -0.136. The molecule has 118 valence electrons. The SMILES string of the molecule is CC1=C(C#N)C(c2ccccc2OC(F)F)C2=C(COC2=O)N1. The number of alkyl halides is 2. The first kappa shape index (κ1) is 15.0. The number of benzene rings is 1. The molecule has 1 unspecified atom stereocenters. The first-order chi connectivity index (χ1) is 11.0. The van der Waals surface area contributed by atoms with Crippen LogP contribution in [-0.2, 0) is 9.53 Å². The van der Waals surface area contributed by atoms with Crippen molar-refractivity contribution in [2.24, 2.45) is 0 Å². The van der Waals surface area contributed by atoms with Crippen LogP contribution in [0.15, 0.2) is 46.8 Å². The van der Waals surface area contributed by atoms with Gasteiger partial charge in [0.05, 0.1) is 28.8 Å². The summed E-state index contributed by atoms with van der Waals surface area (Å²) in [6.45, 7) is -1.25. The predicted molar refractivity (Wildman–Crippen MR) is 75.2 cm³/mol. The Balaban J connectivity index is 2.17. The number of esters is 1. The Kier molecular flexibility index (Phi) is 3.74. The highest BCUT2D eigenvalue weighted by atomic mass is 19.3. The van der Waals surface area contributed by atoms with Gasteiger partial charge in [0.2, 0.25) is 0 Å². The first-order valence-corrected chi connectivity index (χ1v) is 6.84. The van der Waals surface area contributed by atoms with Crippen LogP contribution in [0.4, 0.5) is 8.78 Å². The number of nitriles is 1. The topological polar surface area (TPSA) is 71.3 Å². The van der Waals surface area contributed by atoms with Gasteiger partial charge in [0.15, 0.2) is 0 Å². The lowest BCUT2D eigenvalue weighted by Gasteiger charge is -2.26. The zero-order valence-electron chi connectivity index (χ0n) is 12.1. The zero-order valence-corrected chi connectivity index (χ0v) is 12.1. The molecule has 0 saturated carbocycles. The van der Waals surface area contributed by atoms with E-state index in [9.17, 15) is 18.8 Å². The number of nitrogens with zero attached hydrogens (tertiary/aromatic N) is 1. The van der Waals surface area contributed by atoms with Gasteiger partial charge < -0.3 is 14.8 Å². The van der Waals surface area contributed by atoms with Gasteiger partial charge in [0.1, 0.15) is 12.4 Å². The lowest BCUT2D eigenvalue weighted by atomic mass is 9.81. The molecule has 1 N–H and O–H groups in total. The van der Waals surface area contributed by atoms with Crippen LogP contribution < -0.4 is 10.1 Å². The average molecular weight is 318 g/mol. The number of dihydropyridines is 1. The minimum absolute atomic E-state index is 0.0680. The van der Waals surface area contributed by atoms with Crippen molar-refractivity contribution in [1.29, 1.82) is 5.26 Å². The number of nitrogens with one attached hydrogen (secondary N) is 1. The van der Waals surface area contributed by atoms with E-state index < -0.39 is 18.5 Å². The van der Waals surface area contributed by atoms with Crippen molar-refractivity contribution in [2.45, 2.75) is 19.5 Å². The molecule has 2 aliphatic heterocycles. The second-order valence-corrected chi connectivity index (χ2v) is 5.09. The van der Waals surface area contributed by atoms with E-state index in [4.69, 9.17) is 4.74 Å². The average Bonchev–Trinajstić information content (AvgIpc) is 2.87. The Hall–Kier alpha value is -2.88. The fourth-order valence-corrected chi connectivity index (χ4v) is 2.85. The number of carbonyl (C=O) groups is 1. The van der Waals surface area contributed by atoms with Gasteiger partial charge in [-0.2, -0.15) is 14.0 Å². The molecule has 1 atom stereocenters. The number of carbonyl (C=O) groups excluding carboxylic acids is 1. The van der Waals surface area contributed by atoms with Crippen LogP contribution in [0.25, 0.3) is 0 Å². The number of para-hydroxylation sites is 1. The molecular weight excluding hydrogens is 306 g/mol. The second-order valence-electron chi connectivity index (χ2n) is 5.09. The number of ether oxygens (including phenoxy) is 2. The standard InChI is InChI=1S/C16H12F2N2O3/c1-8-10(6-19)13(14-11(20-8)7-22-15(14)21)9-4-2-3-5-12(9)23-16(17)18/h2-5,13,16,20H,7H2,1H3. The van der Waals surface area contributed by atoms with Gasteiger partial charge in [-0.05, 0) is 13.0 Å². The van der Waals surface area contributed by atoms with Crippen LogP contribution in [0.2, 0.25) is 0 Å². The van der Waals surface area contributed by atoms with Crippen LogP contribution in [-0.4, -0.2) is 19.2 Å². The molecular formula is C16H12F2N2O3. The van der Waals surface area contributed by atoms with Crippen LogP contribution in [0.1, 0.15) is 18.4 Å². The van der Waals surface area contributed by atoms with E-state index in [1.807, 2.05) is 6.07 Å². The molecule has 0 amide bonds. The Morgan fingerprint density at radius 3 is 2.87 bits per heavy atom. The fourth-order valence-electron chi connectivity index (χ4n) is 2.85. The molecule has 0 aliphatic carbocycles. The fraction of sp³-hybridized carbons (Fsp3) is 0.250. The lowest BCUT2D eigenvalue weighted by Crippen LogP contribution is -2.26. The van der Waals surface area contributed by atoms with E-state index in [2.05, 4.69) is 10.1 Å². The van der Waals surface area contributed by atoms with Crippen LogP contribution >= 0.6 is 0 Å². The molecule has 0 aromatic heterocycles. The van der Waals surface area contributed by atoms with Crippen LogP contribution in [0, 0.1) is 11.3 Å². The maximum absolute atomic E-state index is 12.7. The largest absolute Gasteiger partial charge is 0.456 e. The number of hydrogen-bond donors (Lipinski definition) is 1. The summed E-state index contributed by atoms with van der Waals surface area (Å²) in [7, 11) is 0. The zero-order chi connectivity index (χ0) is 16.6. The molecule has 23 heavy (non-hydrogen) atoms. The summed E-state index contributed by atoms with van der Waals surface area (Å²) < 4.78 is 34.9. The minimum Gasteiger partial charge on any atom is -0.456 e. The third-order valence-corrected chi connectivity index (χ3v) is 3.78. The van der Waals surface area contributed by atoms with Crippen LogP contribution in [0.5, 0.6) is 5.75 Å². The van der Waals surface area contributed by atoms with Crippen molar-refractivity contribution in [1.82, 2.24) is 5.32 Å². The van der Waals surface area contributed by atoms with Crippen molar-refractivity contribution < 1.29 is 23.0 Å². The quantitative estimate of drug-likeness (QED) is 0.867. The molecule has 2 heterocycles. The molecule has 2 aliphatic rings. The van der Waals surface area contributed by atoms with E-state index in [0.29, 0.717) is 17.0 Å². The van der Waals surface area contributed by atoms with Crippen LogP contribution in [0.3, 0.4) is 0 Å². The van der Waals surface area contributed by atoms with Gasteiger partial charge in [-0.15, -0.1) is 0 Å². The molecule has 0 spiro atoms. The highest BCUT2D eigenvalue weighted by molar-refractivity contribution is 5.95. The summed E-state index contributed by atoms with van der Waals surface area (Å²) in [5.41, 5.74) is 1.96. The number of cyclic esters (lactones) is 1. The van der Waals surface area contributed by atoms with Gasteiger partial charge in [0.25, 0.3) is 0 Å². The Bertz CT molecular complexity index is 778. The Morgan fingerprint density at radius 2 is 2.17 bits per heavy atom. The molecule has 0 bridgehead atoms. The number of halogens is 2. The van der Waals surface area contributed by atoms with Gasteiger partial charge in [-0.25, -0.2) is 4.79 Å². The van der Waals surface area contributed by atoms with Crippen molar-refractivity contribution >= 4 is 5.97 Å². The summed E-state index contributed by atoms with van der Waals surface area (Å²) in [5.74, 6) is -1.42. The minimum atomic E-state index is -3.00. The van der Waals surface area contributed by atoms with Crippen molar-refractivity contribution in [3.05, 3.63) is 52.4 Å². The van der Waals surface area contributed by atoms with Gasteiger partial charge in [0, 0.05) is 11.3 Å². The smallest absolute Gasteiger partial charge is 0.387 e. The van der Waals surface area contributed by atoms with Crippen molar-refractivity contribution in [2.75, 3.05) is 6.61 Å². The van der Waals surface area contributed by atoms with Gasteiger partial charge >= 0.3 is 12.6 Å². The highest BCUT2D eigenvalue weighted by Gasteiger charge is 2.40. The normalized spacial score (nSPS) is 20.1. The van der Waals surface area contributed by atoms with E-state index >= 15 is 0 Å². The summed E-state index contributed by atoms with van der Waals surface area (Å²) >= 11 is 0. The molecule has 1 aromatic rings. The molecule has 1 aromatic carbocycles. The van der Waals surface area contributed by atoms with E-state index in [1.54, 1.807) is 25.1 Å². The van der Waals surface area contributed by atoms with Gasteiger partial charge in [-0.1, -0.05) is 18.2 Å². The van der Waals surface area contributed by atoms with Crippen molar-refractivity contribution in [3.63, 3.8) is 0 Å². The maximum atomic E-state index is 12.7. The molecule has 3 rings (SSSR count). The molecule has 0 radical (unpaired) electrons. The predicted octanol–water partition coefficient (Wildman–Crippen LogP) is 2.58. The summed E-state index contributed by atoms with van der Waals surface area (Å²) in [6, 6.07) is 8.18. The Morgan fingerprint density at radius 1 is 1.43 bits per heavy atom. The summed E-state index contributed by atoms with van der Waals surface area (Å²) in [5, 5.41) is 12.4. The third-order valence-electron chi connectivity index (χ3n) is 3.78. The summed E-state index contributed by atoms with van der Waals surface area (Å²) in [4.78, 5) is 12.1. The van der Waals surface area contributed by atoms with E-state index in [1.165, 1.54) is 6.07 Å². The second kappa shape index (κ2) is 5.72. The number of allylic oxidation sites excluding steroid dienone is 2. The monoisotopic (exact) mass is 318 g/mol. The first-order valence-electron chi connectivity index (χ1n) is 6.84. The number of rotatable bonds is 3.